The van der Waals surface area contributed by atoms with Crippen LogP contribution in [0.5, 0.6) is 5.75 Å². The lowest BCUT2D eigenvalue weighted by molar-refractivity contribution is -0.438. The van der Waals surface area contributed by atoms with Crippen LogP contribution in [0.3, 0.4) is 0 Å². The molecular weight excluding hydrogens is 1180 g/mol. The van der Waals surface area contributed by atoms with Crippen molar-refractivity contribution < 1.29 is 107 Å². The molecule has 478 valence electrons. The molecule has 25 nitrogen and oxygen atoms in total. The van der Waals surface area contributed by atoms with Crippen molar-refractivity contribution in [1.82, 2.24) is 10.6 Å². The van der Waals surface area contributed by atoms with E-state index in [9.17, 15) is 83.5 Å². The first kappa shape index (κ1) is 70.1. The van der Waals surface area contributed by atoms with E-state index in [-0.39, 0.29) is 28.2 Å². The Bertz CT molecular complexity index is 3160. The molecule has 0 bridgehead atoms. The first-order valence-corrected chi connectivity index (χ1v) is 30.9. The van der Waals surface area contributed by atoms with Crippen molar-refractivity contribution in [3.63, 3.8) is 0 Å². The molecule has 0 spiro atoms. The molecule has 6 rings (SSSR count). The lowest BCUT2D eigenvalue weighted by atomic mass is 9.80. The first-order valence-electron chi connectivity index (χ1n) is 28.5. The fourth-order valence-electron chi connectivity index (χ4n) is 10.8. The van der Waals surface area contributed by atoms with Gasteiger partial charge in [0.1, 0.15) is 54.7 Å². The highest BCUT2D eigenvalue weighted by Gasteiger charge is 2.45. The molecule has 0 radical (unpaired) electrons. The number of carboxylic acid groups (broad SMARTS) is 1. The number of ether oxygens (including phenoxy) is 1. The number of rotatable bonds is 33. The van der Waals surface area contributed by atoms with Gasteiger partial charge in [0.15, 0.2) is 5.71 Å². The van der Waals surface area contributed by atoms with Gasteiger partial charge in [0.2, 0.25) is 5.69 Å². The second kappa shape index (κ2) is 31.5. The lowest BCUT2D eigenvalue weighted by Crippen LogP contribution is -2.49. The number of carbonyl (C=O) groups is 3. The first-order chi connectivity index (χ1) is 41.2. The van der Waals surface area contributed by atoms with Gasteiger partial charge in [-0.3, -0.25) is 18.9 Å². The maximum Gasteiger partial charge on any atom is 0.303 e. The molecule has 15 N–H and O–H groups in total. The molecule has 3 aromatic carbocycles. The van der Waals surface area contributed by atoms with E-state index in [0.717, 1.165) is 57.1 Å². The number of hydrogen-bond donors (Lipinski definition) is 15. The zero-order valence-electron chi connectivity index (χ0n) is 48.8. The Balaban J connectivity index is 1.40. The minimum Gasteiger partial charge on any atom is -0.481 e. The van der Waals surface area contributed by atoms with Gasteiger partial charge in [0, 0.05) is 95.9 Å². The number of unbranched alkanes of at least 4 members (excludes halogenated alkanes) is 3. The molecule has 2 heterocycles. The number of nitrogens with one attached hydrogen (secondary N) is 2. The van der Waals surface area contributed by atoms with Gasteiger partial charge in [0.25, 0.3) is 21.9 Å². The van der Waals surface area contributed by atoms with Crippen molar-refractivity contribution in [3.8, 4) is 5.75 Å². The molecule has 2 amide bonds. The molecule has 1 aliphatic carbocycles. The topological polar surface area (TPSA) is 406 Å². The highest BCUT2D eigenvalue weighted by atomic mass is 32.2. The van der Waals surface area contributed by atoms with Crippen LogP contribution in [0.25, 0.3) is 0 Å². The molecule has 8 unspecified atom stereocenters. The van der Waals surface area contributed by atoms with Crippen LogP contribution in [-0.4, -0.2) is 196 Å². The SMILES string of the molecule is CC1(C)C(/C=C/C2=C(Oc3ccc(S(=O)(=O)O)cc3)C(=C/C=C3/N(CCCCSOOO)c4ccc(C(=O)NCC(O)C(O)C(O)C(O)CO)cc4C3(C)C)/CCC2)=[N+](CCCCCC(=O)O)c2ccc(C(=O)NCC(O)C(O)C(O)C(O)CO)cc21. The zero-order valence-corrected chi connectivity index (χ0v) is 50.4. The minimum atomic E-state index is -4.55. The number of carboxylic acids is 1. The van der Waals surface area contributed by atoms with Gasteiger partial charge in [-0.05, 0) is 142 Å². The van der Waals surface area contributed by atoms with Crippen molar-refractivity contribution in [2.24, 2.45) is 0 Å². The molecule has 0 fully saturated rings. The predicted molar refractivity (Wildman–Crippen MR) is 319 cm³/mol. The highest BCUT2D eigenvalue weighted by Crippen LogP contribution is 2.49. The highest BCUT2D eigenvalue weighted by molar-refractivity contribution is 7.94. The summed E-state index contributed by atoms with van der Waals surface area (Å²) >= 11 is 0.928. The summed E-state index contributed by atoms with van der Waals surface area (Å²) in [6.45, 7) is 6.19. The summed E-state index contributed by atoms with van der Waals surface area (Å²) in [5.74, 6) is -0.921. The smallest absolute Gasteiger partial charge is 0.303 e. The number of amides is 2. The molecule has 3 aliphatic rings. The van der Waals surface area contributed by atoms with Crippen LogP contribution in [0.1, 0.15) is 117 Å². The molecule has 87 heavy (non-hydrogen) atoms. The van der Waals surface area contributed by atoms with E-state index in [0.29, 0.717) is 76.0 Å². The van der Waals surface area contributed by atoms with Crippen LogP contribution < -0.4 is 20.3 Å². The number of benzene rings is 3. The summed E-state index contributed by atoms with van der Waals surface area (Å²) < 4.78 is 47.4. The number of hydrogen-bond acceptors (Lipinski definition) is 21. The van der Waals surface area contributed by atoms with Crippen LogP contribution in [0.15, 0.2) is 112 Å². The Labute approximate surface area is 508 Å². The van der Waals surface area contributed by atoms with E-state index >= 15 is 0 Å². The molecule has 0 saturated carbocycles. The monoisotopic (exact) mass is 1260 g/mol. The summed E-state index contributed by atoms with van der Waals surface area (Å²) in [5, 5.41) is 127. The second-order valence-corrected chi connectivity index (χ2v) is 24.8. The number of anilines is 1. The van der Waals surface area contributed by atoms with Crippen LogP contribution in [-0.2, 0) is 35.1 Å². The van der Waals surface area contributed by atoms with Gasteiger partial charge < -0.3 is 76.4 Å². The fourth-order valence-corrected chi connectivity index (χ4v) is 11.7. The van der Waals surface area contributed by atoms with Gasteiger partial charge in [-0.15, -0.1) is 4.33 Å². The zero-order chi connectivity index (χ0) is 64.0. The van der Waals surface area contributed by atoms with Crippen molar-refractivity contribution >= 4 is 57.0 Å². The molecule has 0 aromatic heterocycles. The number of aliphatic carboxylic acids is 1. The summed E-state index contributed by atoms with van der Waals surface area (Å²) in [6.07, 6.45) is -1.89. The van der Waals surface area contributed by atoms with E-state index in [4.69, 9.17) is 9.99 Å². The van der Waals surface area contributed by atoms with E-state index < -0.39 is 114 Å². The second-order valence-electron chi connectivity index (χ2n) is 22.6. The average molecular weight is 1260 g/mol. The number of allylic oxidation sites excluding steroid dienone is 7. The third-order valence-corrected chi connectivity index (χ3v) is 17.3. The van der Waals surface area contributed by atoms with Crippen molar-refractivity contribution in [2.45, 2.75) is 150 Å². The maximum absolute atomic E-state index is 13.6. The summed E-state index contributed by atoms with van der Waals surface area (Å²) in [7, 11) is -4.55. The van der Waals surface area contributed by atoms with Crippen LogP contribution in [0.2, 0.25) is 0 Å². The third kappa shape index (κ3) is 17.7. The largest absolute Gasteiger partial charge is 0.481 e. The quantitative estimate of drug-likeness (QED) is 0.0104. The average Bonchev–Trinajstić information content (AvgIpc) is 1.62. The minimum absolute atomic E-state index is 0.000506. The summed E-state index contributed by atoms with van der Waals surface area (Å²) in [4.78, 5) is 40.4. The third-order valence-electron chi connectivity index (χ3n) is 15.8. The maximum atomic E-state index is 13.6. The Morgan fingerprint density at radius 1 is 0.713 bits per heavy atom. The molecule has 8 atom stereocenters. The molecule has 0 saturated heterocycles. The van der Waals surface area contributed by atoms with Gasteiger partial charge >= 0.3 is 5.97 Å². The molecule has 2 aliphatic heterocycles. The Morgan fingerprint density at radius 3 is 1.87 bits per heavy atom. The van der Waals surface area contributed by atoms with Crippen molar-refractivity contribution in [3.05, 3.63) is 130 Å². The van der Waals surface area contributed by atoms with Crippen molar-refractivity contribution in [1.29, 1.82) is 0 Å². The molecular formula is C60H81N4O21S2+. The molecule has 27 heteroatoms. The lowest BCUT2D eigenvalue weighted by Gasteiger charge is -2.27. The number of nitrogens with zero attached hydrogens (tertiary/aromatic N) is 2. The normalized spacial score (nSPS) is 19.4. The summed E-state index contributed by atoms with van der Waals surface area (Å²) in [5.41, 5.74) is 5.16. The standard InChI is InChI=1S/C60H80N4O21S2/c1-59(2)41-29-37(57(77)61-31-45(67)52(73)54(75)47(69)33-65)14-22-43(41)63(26-7-5-6-13-51(71)72)49(59)24-16-35-11-10-12-36(56(35)83-39-18-20-40(21-19-39)87(80,81)82)17-25-50-60(3,4)42-30-38(15-23-44(42)64(50)27-8-9-28-86-85-84-79)58(78)62-32-46(68)53(74)55(76)48(70)34-66/h14-25,29-30,45-48,52-55,65-70,73-76H,5-13,26-28,31-34H2,1-4H3,(H4-,61,62,71,72,77,78,79,80,81,82)/p+1. The van der Waals surface area contributed by atoms with Gasteiger partial charge in [-0.1, -0.05) is 25.0 Å². The number of carbonyl (C=O) groups excluding carboxylic acids is 2. The van der Waals surface area contributed by atoms with E-state index in [2.05, 4.69) is 29.5 Å². The number of fused-ring (bicyclic) bond motifs is 2. The Hall–Kier alpha value is -5.96. The van der Waals surface area contributed by atoms with Crippen LogP contribution in [0.4, 0.5) is 11.4 Å². The number of aliphatic hydroxyl groups is 10. The fraction of sp³-hybridized carbons (Fsp3) is 0.500. The summed E-state index contributed by atoms with van der Waals surface area (Å²) in [6, 6.07) is 15.5. The van der Waals surface area contributed by atoms with Gasteiger partial charge in [-0.2, -0.15) is 13.0 Å². The van der Waals surface area contributed by atoms with Gasteiger partial charge in [-0.25, -0.2) is 5.26 Å². The van der Waals surface area contributed by atoms with Crippen molar-refractivity contribution in [2.75, 3.05) is 50.0 Å². The predicted octanol–water partition coefficient (Wildman–Crippen LogP) is 2.82. The van der Waals surface area contributed by atoms with Gasteiger partial charge in [0.05, 0.1) is 35.7 Å². The van der Waals surface area contributed by atoms with Crippen LogP contribution in [0, 0.1) is 0 Å². The van der Waals surface area contributed by atoms with E-state index in [1.54, 1.807) is 36.4 Å². The van der Waals surface area contributed by atoms with Crippen LogP contribution >= 0.6 is 12.0 Å². The Morgan fingerprint density at radius 2 is 1.30 bits per heavy atom. The van der Waals surface area contributed by atoms with E-state index in [1.807, 2.05) is 52.0 Å². The Kier molecular flexibility index (Phi) is 25.4. The molecule has 3 aromatic rings. The van der Waals surface area contributed by atoms with E-state index in [1.165, 1.54) is 24.3 Å². The number of aliphatic hydroxyl groups excluding tert-OH is 10.